The maximum Gasteiger partial charge on any atom is 0.331 e. The second-order valence-corrected chi connectivity index (χ2v) is 6.92. The van der Waals surface area contributed by atoms with E-state index in [-0.39, 0.29) is 5.91 Å². The Balaban J connectivity index is 1.57. The first-order valence-electron chi connectivity index (χ1n) is 9.85. The quantitative estimate of drug-likeness (QED) is 0.446. The van der Waals surface area contributed by atoms with Gasteiger partial charge >= 0.3 is 5.97 Å². The summed E-state index contributed by atoms with van der Waals surface area (Å²) in [5, 5.41) is 4.83. The van der Waals surface area contributed by atoms with Crippen LogP contribution in [-0.2, 0) is 20.7 Å². The molecule has 5 heteroatoms. The minimum absolute atomic E-state index is 0.374. The predicted molar refractivity (Wildman–Crippen MR) is 120 cm³/mol. The van der Waals surface area contributed by atoms with Gasteiger partial charge in [0, 0.05) is 11.8 Å². The van der Waals surface area contributed by atoms with Gasteiger partial charge in [-0.2, -0.15) is 0 Å². The Morgan fingerprint density at radius 1 is 1.00 bits per heavy atom. The van der Waals surface area contributed by atoms with Crippen molar-refractivity contribution in [1.82, 2.24) is 0 Å². The van der Waals surface area contributed by atoms with Gasteiger partial charge in [-0.3, -0.25) is 4.79 Å². The number of hydrogen-bond acceptors (Lipinski definition) is 4. The lowest BCUT2D eigenvalue weighted by molar-refractivity contribution is -0.148. The highest BCUT2D eigenvalue weighted by molar-refractivity contribution is 5.97. The van der Waals surface area contributed by atoms with Gasteiger partial charge < -0.3 is 14.8 Å². The number of esters is 1. The van der Waals surface area contributed by atoms with E-state index in [0.717, 1.165) is 28.5 Å². The highest BCUT2D eigenvalue weighted by atomic mass is 16.5. The third-order valence-electron chi connectivity index (χ3n) is 4.78. The van der Waals surface area contributed by atoms with E-state index in [1.54, 1.807) is 20.1 Å². The van der Waals surface area contributed by atoms with Crippen molar-refractivity contribution in [2.45, 2.75) is 26.4 Å². The number of fused-ring (bicyclic) bond motifs is 1. The van der Waals surface area contributed by atoms with Gasteiger partial charge in [0.2, 0.25) is 0 Å². The van der Waals surface area contributed by atoms with E-state index >= 15 is 0 Å². The molecular weight excluding hydrogens is 378 g/mol. The van der Waals surface area contributed by atoms with Gasteiger partial charge in [-0.1, -0.05) is 37.3 Å². The molecule has 0 bridgehead atoms. The molecule has 0 fully saturated rings. The van der Waals surface area contributed by atoms with Crippen molar-refractivity contribution in [3.05, 3.63) is 77.9 Å². The fourth-order valence-electron chi connectivity index (χ4n) is 2.97. The van der Waals surface area contributed by atoms with Crippen LogP contribution in [0.2, 0.25) is 0 Å². The van der Waals surface area contributed by atoms with Gasteiger partial charge in [0.05, 0.1) is 7.11 Å². The Labute approximate surface area is 176 Å². The SMILES string of the molecule is CCc1ccc(NC(=O)[C@H](C)OC(=O)/C=C/c2ccc3cc(OC)ccc3c2)cc1. The van der Waals surface area contributed by atoms with E-state index in [9.17, 15) is 9.59 Å². The van der Waals surface area contributed by atoms with Crippen LogP contribution >= 0.6 is 0 Å². The standard InChI is InChI=1S/C25H25NO4/c1-4-18-6-11-22(12-7-18)26-25(28)17(2)30-24(27)14-8-19-5-9-21-16-23(29-3)13-10-20(21)15-19/h5-17H,4H2,1-3H3,(H,26,28)/b14-8+/t17-/m0/s1. The minimum atomic E-state index is -0.905. The molecular formula is C25H25NO4. The van der Waals surface area contributed by atoms with Crippen molar-refractivity contribution in [2.75, 3.05) is 12.4 Å². The van der Waals surface area contributed by atoms with Gasteiger partial charge in [-0.15, -0.1) is 0 Å². The monoisotopic (exact) mass is 403 g/mol. The fourth-order valence-corrected chi connectivity index (χ4v) is 2.97. The summed E-state index contributed by atoms with van der Waals surface area (Å²) in [6.45, 7) is 3.61. The van der Waals surface area contributed by atoms with Gasteiger partial charge in [0.25, 0.3) is 5.91 Å². The third-order valence-corrected chi connectivity index (χ3v) is 4.78. The van der Waals surface area contributed by atoms with Crippen LogP contribution in [0.15, 0.2) is 66.7 Å². The molecule has 0 aromatic heterocycles. The zero-order valence-corrected chi connectivity index (χ0v) is 17.3. The van der Waals surface area contributed by atoms with Gasteiger partial charge in [0.1, 0.15) is 5.75 Å². The Morgan fingerprint density at radius 2 is 1.70 bits per heavy atom. The Morgan fingerprint density at radius 3 is 2.40 bits per heavy atom. The molecule has 0 saturated carbocycles. The van der Waals surface area contributed by atoms with Crippen LogP contribution in [-0.4, -0.2) is 25.1 Å². The molecule has 0 heterocycles. The van der Waals surface area contributed by atoms with Crippen molar-refractivity contribution in [3.63, 3.8) is 0 Å². The van der Waals surface area contributed by atoms with E-state index in [4.69, 9.17) is 9.47 Å². The summed E-state index contributed by atoms with van der Waals surface area (Å²) in [7, 11) is 1.63. The molecule has 5 nitrogen and oxygen atoms in total. The summed E-state index contributed by atoms with van der Waals surface area (Å²) in [6.07, 6.45) is 3.02. The van der Waals surface area contributed by atoms with Crippen molar-refractivity contribution >= 4 is 34.4 Å². The lowest BCUT2D eigenvalue weighted by atomic mass is 10.1. The third kappa shape index (κ3) is 5.47. The molecule has 1 amide bonds. The van der Waals surface area contributed by atoms with E-state index in [1.807, 2.05) is 60.7 Å². The fraction of sp³-hybridized carbons (Fsp3) is 0.200. The molecule has 3 aromatic rings. The Bertz CT molecular complexity index is 1070. The lowest BCUT2D eigenvalue weighted by Gasteiger charge is -2.12. The Kier molecular flexibility index (Phi) is 6.86. The van der Waals surface area contributed by atoms with Crippen LogP contribution in [0.3, 0.4) is 0 Å². The molecule has 154 valence electrons. The summed E-state index contributed by atoms with van der Waals surface area (Å²) < 4.78 is 10.4. The van der Waals surface area contributed by atoms with Gasteiger partial charge in [-0.05, 0) is 71.7 Å². The molecule has 0 aliphatic heterocycles. The molecule has 3 aromatic carbocycles. The first kappa shape index (κ1) is 21.1. The van der Waals surface area contributed by atoms with Crippen molar-refractivity contribution in [3.8, 4) is 5.75 Å². The van der Waals surface area contributed by atoms with E-state index in [1.165, 1.54) is 11.6 Å². The first-order chi connectivity index (χ1) is 14.5. The maximum absolute atomic E-state index is 12.3. The van der Waals surface area contributed by atoms with Crippen LogP contribution in [0.4, 0.5) is 5.69 Å². The number of carbonyl (C=O) groups excluding carboxylic acids is 2. The number of aryl methyl sites for hydroxylation is 1. The molecule has 0 spiro atoms. The largest absolute Gasteiger partial charge is 0.497 e. The van der Waals surface area contributed by atoms with Crippen LogP contribution in [0.25, 0.3) is 16.8 Å². The normalized spacial score (nSPS) is 12.0. The van der Waals surface area contributed by atoms with Gasteiger partial charge in [-0.25, -0.2) is 4.79 Å². The molecule has 0 aliphatic rings. The molecule has 0 saturated heterocycles. The Hall–Kier alpha value is -3.60. The van der Waals surface area contributed by atoms with Crippen molar-refractivity contribution < 1.29 is 19.1 Å². The van der Waals surface area contributed by atoms with Crippen LogP contribution < -0.4 is 10.1 Å². The number of benzene rings is 3. The number of hydrogen-bond donors (Lipinski definition) is 1. The van der Waals surface area contributed by atoms with Gasteiger partial charge in [0.15, 0.2) is 6.10 Å². The summed E-state index contributed by atoms with van der Waals surface area (Å²) in [5.74, 6) is -0.155. The number of amides is 1. The van der Waals surface area contributed by atoms with E-state index in [0.29, 0.717) is 5.69 Å². The predicted octanol–water partition coefficient (Wildman–Crippen LogP) is 4.99. The number of carbonyl (C=O) groups is 2. The van der Waals surface area contributed by atoms with Crippen LogP contribution in [0.1, 0.15) is 25.0 Å². The number of ether oxygens (including phenoxy) is 2. The highest BCUT2D eigenvalue weighted by Crippen LogP contribution is 2.22. The smallest absolute Gasteiger partial charge is 0.331 e. The molecule has 0 radical (unpaired) electrons. The number of methoxy groups -OCH3 is 1. The molecule has 1 atom stereocenters. The molecule has 0 aliphatic carbocycles. The maximum atomic E-state index is 12.3. The molecule has 30 heavy (non-hydrogen) atoms. The molecule has 0 unspecified atom stereocenters. The number of nitrogens with one attached hydrogen (secondary N) is 1. The van der Waals surface area contributed by atoms with Crippen LogP contribution in [0.5, 0.6) is 5.75 Å². The average Bonchev–Trinajstić information content (AvgIpc) is 2.77. The summed E-state index contributed by atoms with van der Waals surface area (Å²) in [5.41, 5.74) is 2.71. The molecule has 1 N–H and O–H groups in total. The topological polar surface area (TPSA) is 64.6 Å². The second-order valence-electron chi connectivity index (χ2n) is 6.92. The van der Waals surface area contributed by atoms with Crippen molar-refractivity contribution in [2.24, 2.45) is 0 Å². The summed E-state index contributed by atoms with van der Waals surface area (Å²) in [6, 6.07) is 19.2. The highest BCUT2D eigenvalue weighted by Gasteiger charge is 2.16. The summed E-state index contributed by atoms with van der Waals surface area (Å²) >= 11 is 0. The zero-order chi connectivity index (χ0) is 21.5. The van der Waals surface area contributed by atoms with Crippen molar-refractivity contribution in [1.29, 1.82) is 0 Å². The average molecular weight is 403 g/mol. The first-order valence-corrected chi connectivity index (χ1v) is 9.85. The molecule has 3 rings (SSSR count). The second kappa shape index (κ2) is 9.74. The van der Waals surface area contributed by atoms with Crippen LogP contribution in [0, 0.1) is 0 Å². The van der Waals surface area contributed by atoms with E-state index < -0.39 is 12.1 Å². The van der Waals surface area contributed by atoms with E-state index in [2.05, 4.69) is 12.2 Å². The number of anilines is 1. The zero-order valence-electron chi connectivity index (χ0n) is 17.3. The minimum Gasteiger partial charge on any atom is -0.497 e. The lowest BCUT2D eigenvalue weighted by Crippen LogP contribution is -2.29. The number of rotatable bonds is 7. The summed E-state index contributed by atoms with van der Waals surface area (Å²) in [4.78, 5) is 24.4.